The number of nitrogens with one attached hydrogen (secondary N) is 1. The molecule has 0 amide bonds. The lowest BCUT2D eigenvalue weighted by molar-refractivity contribution is 0.544. The molecule has 0 aliphatic carbocycles. The van der Waals surface area contributed by atoms with Crippen molar-refractivity contribution in [2.45, 2.75) is 6.92 Å². The lowest BCUT2D eigenvalue weighted by atomic mass is 10.1. The number of halogens is 1. The molecule has 0 spiro atoms. The van der Waals surface area contributed by atoms with Crippen molar-refractivity contribution in [3.8, 4) is 11.3 Å². The fourth-order valence-electron chi connectivity index (χ4n) is 1.38. The molecule has 0 saturated carbocycles. The monoisotopic (exact) mass is 222 g/mol. The number of nitrogens with zero attached hydrogens (tertiary/aromatic N) is 1. The molecule has 1 aromatic heterocycles. The molecule has 4 heteroatoms. The van der Waals surface area contributed by atoms with Crippen LogP contribution in [0.2, 0.25) is 5.02 Å². The standard InChI is InChI=1S/C11H11ClN2O/c1-7-10(14-11(13-2)15-7)8-3-5-9(12)6-4-8/h3-6H,1-2H3,(H,13,14). The molecule has 78 valence electrons. The first-order chi connectivity index (χ1) is 7.20. The largest absolute Gasteiger partial charge is 0.428 e. The van der Waals surface area contributed by atoms with Crippen LogP contribution in [0.1, 0.15) is 5.76 Å². The van der Waals surface area contributed by atoms with E-state index in [0.29, 0.717) is 11.0 Å². The number of hydrogen-bond acceptors (Lipinski definition) is 3. The van der Waals surface area contributed by atoms with E-state index in [1.54, 1.807) is 7.05 Å². The van der Waals surface area contributed by atoms with Crippen LogP contribution in [-0.2, 0) is 0 Å². The molecule has 2 rings (SSSR count). The Hall–Kier alpha value is -1.48. The van der Waals surface area contributed by atoms with E-state index < -0.39 is 0 Å². The van der Waals surface area contributed by atoms with E-state index in [1.807, 2.05) is 31.2 Å². The minimum Gasteiger partial charge on any atom is -0.428 e. The van der Waals surface area contributed by atoms with Gasteiger partial charge in [0, 0.05) is 17.6 Å². The van der Waals surface area contributed by atoms with Crippen LogP contribution in [-0.4, -0.2) is 12.0 Å². The third-order valence-electron chi connectivity index (χ3n) is 2.13. The van der Waals surface area contributed by atoms with Gasteiger partial charge in [0.2, 0.25) is 0 Å². The molecule has 1 N–H and O–H groups in total. The fourth-order valence-corrected chi connectivity index (χ4v) is 1.50. The summed E-state index contributed by atoms with van der Waals surface area (Å²) in [6, 6.07) is 8.05. The molecule has 0 unspecified atom stereocenters. The third kappa shape index (κ3) is 1.97. The second kappa shape index (κ2) is 3.95. The maximum atomic E-state index is 5.82. The first-order valence-electron chi connectivity index (χ1n) is 4.62. The van der Waals surface area contributed by atoms with E-state index in [0.717, 1.165) is 17.0 Å². The van der Waals surface area contributed by atoms with Crippen LogP contribution in [0.3, 0.4) is 0 Å². The minimum absolute atomic E-state index is 0.525. The Morgan fingerprint density at radius 3 is 2.47 bits per heavy atom. The number of hydrogen-bond donors (Lipinski definition) is 1. The Bertz CT molecular complexity index is 462. The van der Waals surface area contributed by atoms with Crippen molar-refractivity contribution < 1.29 is 4.42 Å². The van der Waals surface area contributed by atoms with Gasteiger partial charge in [-0.1, -0.05) is 23.7 Å². The zero-order valence-electron chi connectivity index (χ0n) is 8.54. The van der Waals surface area contributed by atoms with Gasteiger partial charge in [-0.15, -0.1) is 0 Å². The van der Waals surface area contributed by atoms with Gasteiger partial charge in [-0.05, 0) is 19.1 Å². The highest BCUT2D eigenvalue weighted by atomic mass is 35.5. The highest BCUT2D eigenvalue weighted by Crippen LogP contribution is 2.26. The molecule has 0 fully saturated rings. The molecular formula is C11H11ClN2O. The van der Waals surface area contributed by atoms with Crippen LogP contribution < -0.4 is 5.32 Å². The summed E-state index contributed by atoms with van der Waals surface area (Å²) in [6.07, 6.45) is 0. The van der Waals surface area contributed by atoms with Crippen LogP contribution >= 0.6 is 11.6 Å². The molecule has 0 aliphatic rings. The minimum atomic E-state index is 0.525. The molecule has 1 heterocycles. The Kier molecular flexibility index (Phi) is 2.64. The van der Waals surface area contributed by atoms with Gasteiger partial charge in [0.25, 0.3) is 6.01 Å². The quantitative estimate of drug-likeness (QED) is 0.847. The summed E-state index contributed by atoms with van der Waals surface area (Å²) < 4.78 is 5.39. The molecule has 0 radical (unpaired) electrons. The number of benzene rings is 1. The van der Waals surface area contributed by atoms with E-state index in [2.05, 4.69) is 10.3 Å². The first-order valence-corrected chi connectivity index (χ1v) is 4.99. The van der Waals surface area contributed by atoms with Crippen molar-refractivity contribution in [1.82, 2.24) is 4.98 Å². The van der Waals surface area contributed by atoms with Crippen molar-refractivity contribution in [2.24, 2.45) is 0 Å². The normalized spacial score (nSPS) is 10.3. The van der Waals surface area contributed by atoms with Crippen molar-refractivity contribution in [2.75, 3.05) is 12.4 Å². The Morgan fingerprint density at radius 2 is 1.93 bits per heavy atom. The summed E-state index contributed by atoms with van der Waals surface area (Å²) in [6.45, 7) is 1.89. The molecule has 0 bridgehead atoms. The summed E-state index contributed by atoms with van der Waals surface area (Å²) in [7, 11) is 1.77. The fraction of sp³-hybridized carbons (Fsp3) is 0.182. The molecule has 3 nitrogen and oxygen atoms in total. The van der Waals surface area contributed by atoms with Gasteiger partial charge in [-0.2, -0.15) is 4.98 Å². The number of aryl methyl sites for hydroxylation is 1. The SMILES string of the molecule is CNc1nc(-c2ccc(Cl)cc2)c(C)o1. The molecule has 0 saturated heterocycles. The number of rotatable bonds is 2. The van der Waals surface area contributed by atoms with E-state index in [1.165, 1.54) is 0 Å². The highest BCUT2D eigenvalue weighted by molar-refractivity contribution is 6.30. The lowest BCUT2D eigenvalue weighted by Crippen LogP contribution is -1.86. The van der Waals surface area contributed by atoms with Gasteiger partial charge in [-0.25, -0.2) is 0 Å². The van der Waals surface area contributed by atoms with Gasteiger partial charge >= 0.3 is 0 Å². The van der Waals surface area contributed by atoms with Crippen LogP contribution in [0.15, 0.2) is 28.7 Å². The molecule has 2 aromatic rings. The smallest absolute Gasteiger partial charge is 0.295 e. The summed E-state index contributed by atoms with van der Waals surface area (Å²) in [5.74, 6) is 0.793. The van der Waals surface area contributed by atoms with E-state index in [9.17, 15) is 0 Å². The Labute approximate surface area is 93.1 Å². The second-order valence-electron chi connectivity index (χ2n) is 3.18. The van der Waals surface area contributed by atoms with Crippen molar-refractivity contribution in [3.05, 3.63) is 35.0 Å². The molecule has 1 aromatic carbocycles. The predicted molar refractivity (Wildman–Crippen MR) is 61.2 cm³/mol. The summed E-state index contributed by atoms with van der Waals surface area (Å²) in [5, 5.41) is 3.58. The van der Waals surface area contributed by atoms with Gasteiger partial charge in [0.05, 0.1) is 0 Å². The zero-order valence-corrected chi connectivity index (χ0v) is 9.30. The van der Waals surface area contributed by atoms with E-state index >= 15 is 0 Å². The Balaban J connectivity index is 2.44. The van der Waals surface area contributed by atoms with Crippen LogP contribution in [0.25, 0.3) is 11.3 Å². The number of anilines is 1. The maximum Gasteiger partial charge on any atom is 0.295 e. The van der Waals surface area contributed by atoms with Crippen LogP contribution in [0, 0.1) is 6.92 Å². The van der Waals surface area contributed by atoms with E-state index in [-0.39, 0.29) is 0 Å². The molecule has 0 atom stereocenters. The lowest BCUT2D eigenvalue weighted by Gasteiger charge is -1.96. The third-order valence-corrected chi connectivity index (χ3v) is 2.38. The summed E-state index contributed by atoms with van der Waals surface area (Å²) in [5.41, 5.74) is 1.85. The molecule has 0 aliphatic heterocycles. The first kappa shape index (κ1) is 10.1. The summed E-state index contributed by atoms with van der Waals surface area (Å²) in [4.78, 5) is 4.31. The highest BCUT2D eigenvalue weighted by Gasteiger charge is 2.09. The van der Waals surface area contributed by atoms with Gasteiger partial charge < -0.3 is 9.73 Å². The van der Waals surface area contributed by atoms with Crippen molar-refractivity contribution in [3.63, 3.8) is 0 Å². The number of oxazole rings is 1. The van der Waals surface area contributed by atoms with E-state index in [4.69, 9.17) is 16.0 Å². The maximum absolute atomic E-state index is 5.82. The number of aromatic nitrogens is 1. The molecular weight excluding hydrogens is 212 g/mol. The predicted octanol–water partition coefficient (Wildman–Crippen LogP) is 3.35. The molecule has 15 heavy (non-hydrogen) atoms. The average molecular weight is 223 g/mol. The topological polar surface area (TPSA) is 38.1 Å². The van der Waals surface area contributed by atoms with Crippen molar-refractivity contribution >= 4 is 17.6 Å². The van der Waals surface area contributed by atoms with Crippen LogP contribution in [0.5, 0.6) is 0 Å². The zero-order chi connectivity index (χ0) is 10.8. The van der Waals surface area contributed by atoms with Crippen LogP contribution in [0.4, 0.5) is 6.01 Å². The summed E-state index contributed by atoms with van der Waals surface area (Å²) >= 11 is 5.82. The van der Waals surface area contributed by atoms with Crippen molar-refractivity contribution in [1.29, 1.82) is 0 Å². The van der Waals surface area contributed by atoms with Gasteiger partial charge in [0.15, 0.2) is 0 Å². The van der Waals surface area contributed by atoms with Gasteiger partial charge in [0.1, 0.15) is 11.5 Å². The average Bonchev–Trinajstić information content (AvgIpc) is 2.61. The second-order valence-corrected chi connectivity index (χ2v) is 3.62. The van der Waals surface area contributed by atoms with Gasteiger partial charge in [-0.3, -0.25) is 0 Å². The Morgan fingerprint density at radius 1 is 1.27 bits per heavy atom.